The van der Waals surface area contributed by atoms with Crippen LogP contribution in [0.15, 0.2) is 83.5 Å². The minimum Gasteiger partial charge on any atom is -0.351 e. The molecule has 0 amide bonds. The number of hydrogen-bond donors (Lipinski definition) is 1. The van der Waals surface area contributed by atoms with Gasteiger partial charge >= 0.3 is 0 Å². The zero-order chi connectivity index (χ0) is 23.8. The fourth-order valence-corrected chi connectivity index (χ4v) is 5.53. The highest BCUT2D eigenvalue weighted by atomic mass is 79.9. The summed E-state index contributed by atoms with van der Waals surface area (Å²) < 4.78 is 3.39. The van der Waals surface area contributed by atoms with Crippen molar-refractivity contribution >= 4 is 38.9 Å². The molecule has 5 rings (SSSR count). The van der Waals surface area contributed by atoms with Crippen LogP contribution in [0.3, 0.4) is 0 Å². The molecule has 2 aromatic carbocycles. The molecule has 1 aliphatic rings. The first-order valence-electron chi connectivity index (χ1n) is 11.5. The van der Waals surface area contributed by atoms with Gasteiger partial charge in [0, 0.05) is 33.4 Å². The van der Waals surface area contributed by atoms with Crippen LogP contribution in [0.4, 0.5) is 5.69 Å². The second kappa shape index (κ2) is 9.35. The number of halogens is 1. The van der Waals surface area contributed by atoms with Gasteiger partial charge < -0.3 is 14.8 Å². The van der Waals surface area contributed by atoms with Gasteiger partial charge in [-0.25, -0.2) is 0 Å². The van der Waals surface area contributed by atoms with E-state index in [1.165, 1.54) is 22.5 Å². The molecule has 0 aliphatic carbocycles. The first-order valence-corrected chi connectivity index (χ1v) is 12.7. The average Bonchev–Trinajstić information content (AvgIpc) is 3.35. The Kier molecular flexibility index (Phi) is 6.28. The molecular formula is C28H27BrN4S. The average molecular weight is 532 g/mol. The van der Waals surface area contributed by atoms with Crippen LogP contribution in [-0.4, -0.2) is 14.7 Å². The van der Waals surface area contributed by atoms with Crippen molar-refractivity contribution in [2.75, 3.05) is 4.90 Å². The lowest BCUT2D eigenvalue weighted by molar-refractivity contribution is 0.565. The quantitative estimate of drug-likeness (QED) is 0.282. The Morgan fingerprint density at radius 1 is 0.971 bits per heavy atom. The van der Waals surface area contributed by atoms with Crippen LogP contribution in [0, 0.1) is 13.8 Å². The molecule has 0 spiro atoms. The summed E-state index contributed by atoms with van der Waals surface area (Å²) in [6.07, 6.45) is 2.86. The van der Waals surface area contributed by atoms with Gasteiger partial charge in [-0.2, -0.15) is 0 Å². The number of benzene rings is 2. The molecule has 4 aromatic rings. The third-order valence-corrected chi connectivity index (χ3v) is 7.44. The molecule has 0 radical (unpaired) electrons. The molecule has 0 unspecified atom stereocenters. The molecule has 1 N–H and O–H groups in total. The van der Waals surface area contributed by atoms with E-state index in [1.807, 2.05) is 18.3 Å². The predicted molar refractivity (Wildman–Crippen MR) is 147 cm³/mol. The van der Waals surface area contributed by atoms with Crippen molar-refractivity contribution in [1.29, 1.82) is 0 Å². The van der Waals surface area contributed by atoms with Crippen LogP contribution in [-0.2, 0) is 6.42 Å². The monoisotopic (exact) mass is 530 g/mol. The maximum Gasteiger partial charge on any atom is 0.174 e. The van der Waals surface area contributed by atoms with Gasteiger partial charge in [0.2, 0.25) is 0 Å². The first kappa shape index (κ1) is 22.8. The Hall–Kier alpha value is -2.96. The van der Waals surface area contributed by atoms with Gasteiger partial charge in [-0.3, -0.25) is 4.98 Å². The number of anilines is 1. The standard InChI is InChI=1S/C28H27BrN4S/c1-4-20-8-12-23(13-9-20)33-27(26(31-28(33)34)25-7-5-6-16-30-25)24-17-18(2)32(19(24)3)22-14-10-21(29)11-15-22/h5-17,26-27H,4H2,1-3H3,(H,31,34)/t26-,27+/m1/s1. The van der Waals surface area contributed by atoms with E-state index in [4.69, 9.17) is 17.2 Å². The molecule has 2 atom stereocenters. The fourth-order valence-electron chi connectivity index (χ4n) is 4.92. The summed E-state index contributed by atoms with van der Waals surface area (Å²) >= 11 is 9.46. The molecule has 4 nitrogen and oxygen atoms in total. The number of rotatable bonds is 5. The van der Waals surface area contributed by atoms with Crippen molar-refractivity contribution in [3.63, 3.8) is 0 Å². The zero-order valence-corrected chi connectivity index (χ0v) is 21.9. The van der Waals surface area contributed by atoms with E-state index in [0.29, 0.717) is 0 Å². The molecule has 2 aromatic heterocycles. The molecular weight excluding hydrogens is 504 g/mol. The number of nitrogens with zero attached hydrogens (tertiary/aromatic N) is 3. The van der Waals surface area contributed by atoms with Crippen molar-refractivity contribution in [2.24, 2.45) is 0 Å². The molecule has 34 heavy (non-hydrogen) atoms. The second-order valence-corrected chi connectivity index (χ2v) is 9.96. The van der Waals surface area contributed by atoms with Crippen LogP contribution in [0.25, 0.3) is 5.69 Å². The van der Waals surface area contributed by atoms with Crippen molar-refractivity contribution in [3.8, 4) is 5.69 Å². The van der Waals surface area contributed by atoms with Crippen molar-refractivity contribution in [2.45, 2.75) is 39.3 Å². The van der Waals surface area contributed by atoms with Crippen molar-refractivity contribution < 1.29 is 0 Å². The third kappa shape index (κ3) is 4.05. The van der Waals surface area contributed by atoms with E-state index in [1.54, 1.807) is 0 Å². The number of aromatic nitrogens is 2. The molecule has 6 heteroatoms. The van der Waals surface area contributed by atoms with Crippen LogP contribution >= 0.6 is 28.1 Å². The number of hydrogen-bond acceptors (Lipinski definition) is 2. The summed E-state index contributed by atoms with van der Waals surface area (Å²) in [5, 5.41) is 4.30. The molecule has 1 aliphatic heterocycles. The van der Waals surface area contributed by atoms with Gasteiger partial charge in [-0.05, 0) is 98.2 Å². The number of pyridine rings is 1. The molecule has 1 saturated heterocycles. The van der Waals surface area contributed by atoms with E-state index in [0.717, 1.165) is 33.1 Å². The Morgan fingerprint density at radius 2 is 1.68 bits per heavy atom. The summed E-state index contributed by atoms with van der Waals surface area (Å²) in [5.41, 5.74) is 8.16. The SMILES string of the molecule is CCc1ccc(N2C(=S)N[C@H](c3ccccn3)[C@@H]2c2cc(C)n(-c3ccc(Br)cc3)c2C)cc1. The summed E-state index contributed by atoms with van der Waals surface area (Å²) in [6, 6.07) is 25.4. The fraction of sp³-hybridized carbons (Fsp3) is 0.214. The second-order valence-electron chi connectivity index (χ2n) is 8.65. The Bertz CT molecular complexity index is 1310. The summed E-state index contributed by atoms with van der Waals surface area (Å²) in [6.45, 7) is 6.53. The highest BCUT2D eigenvalue weighted by molar-refractivity contribution is 9.10. The summed E-state index contributed by atoms with van der Waals surface area (Å²) in [7, 11) is 0. The lowest BCUT2D eigenvalue weighted by Gasteiger charge is -2.28. The lowest BCUT2D eigenvalue weighted by Crippen LogP contribution is -2.29. The normalized spacial score (nSPS) is 17.8. The lowest BCUT2D eigenvalue weighted by atomic mass is 9.96. The first-order chi connectivity index (χ1) is 16.5. The van der Waals surface area contributed by atoms with Crippen LogP contribution in [0.5, 0.6) is 0 Å². The molecule has 172 valence electrons. The van der Waals surface area contributed by atoms with E-state index < -0.39 is 0 Å². The van der Waals surface area contributed by atoms with E-state index in [9.17, 15) is 0 Å². The minimum atomic E-state index is -0.0570. The van der Waals surface area contributed by atoms with Crippen molar-refractivity contribution in [3.05, 3.63) is 112 Å². The molecule has 1 fully saturated rings. The molecule has 3 heterocycles. The third-order valence-electron chi connectivity index (χ3n) is 6.59. The van der Waals surface area contributed by atoms with Gasteiger partial charge in [0.25, 0.3) is 0 Å². The molecule has 0 bridgehead atoms. The maximum atomic E-state index is 5.90. The highest BCUT2D eigenvalue weighted by Crippen LogP contribution is 2.43. The molecule has 0 saturated carbocycles. The zero-order valence-electron chi connectivity index (χ0n) is 19.5. The minimum absolute atomic E-state index is 0.0229. The van der Waals surface area contributed by atoms with Gasteiger partial charge in [-0.15, -0.1) is 0 Å². The van der Waals surface area contributed by atoms with E-state index in [2.05, 4.69) is 112 Å². The summed E-state index contributed by atoms with van der Waals surface area (Å²) in [4.78, 5) is 6.94. The predicted octanol–water partition coefficient (Wildman–Crippen LogP) is 6.99. The van der Waals surface area contributed by atoms with Gasteiger partial charge in [-0.1, -0.05) is 41.1 Å². The number of thiocarbonyl (C=S) groups is 1. The van der Waals surface area contributed by atoms with E-state index >= 15 is 0 Å². The Balaban J connectivity index is 1.66. The largest absolute Gasteiger partial charge is 0.351 e. The van der Waals surface area contributed by atoms with Crippen LogP contribution in [0.1, 0.15) is 47.2 Å². The topological polar surface area (TPSA) is 33.1 Å². The van der Waals surface area contributed by atoms with Gasteiger partial charge in [0.1, 0.15) is 0 Å². The van der Waals surface area contributed by atoms with Crippen LogP contribution in [0.2, 0.25) is 0 Å². The number of aryl methyl sites for hydroxylation is 2. The Labute approximate surface area is 214 Å². The van der Waals surface area contributed by atoms with E-state index in [-0.39, 0.29) is 12.1 Å². The van der Waals surface area contributed by atoms with Gasteiger partial charge in [0.15, 0.2) is 5.11 Å². The highest BCUT2D eigenvalue weighted by Gasteiger charge is 2.42. The summed E-state index contributed by atoms with van der Waals surface area (Å²) in [5.74, 6) is 0. The number of nitrogens with one attached hydrogen (secondary N) is 1. The smallest absolute Gasteiger partial charge is 0.174 e. The van der Waals surface area contributed by atoms with Gasteiger partial charge in [0.05, 0.1) is 17.8 Å². The van der Waals surface area contributed by atoms with Crippen molar-refractivity contribution in [1.82, 2.24) is 14.9 Å². The Morgan fingerprint density at radius 3 is 2.32 bits per heavy atom. The maximum absolute atomic E-state index is 5.90. The van der Waals surface area contributed by atoms with Crippen LogP contribution < -0.4 is 10.2 Å².